The van der Waals surface area contributed by atoms with E-state index in [1.165, 1.54) is 28.4 Å². The SMILES string of the molecule is O=C(c1cccc(-n2cnnn2)c1)N1CCC[C@@H](c2nnc(-c3ccccc3F)s2)C1. The molecule has 0 aliphatic carbocycles. The molecule has 1 saturated heterocycles. The number of piperidine rings is 1. The van der Waals surface area contributed by atoms with Crippen LogP contribution in [0.15, 0.2) is 54.9 Å². The lowest BCUT2D eigenvalue weighted by atomic mass is 9.98. The molecule has 0 bridgehead atoms. The van der Waals surface area contributed by atoms with Crippen molar-refractivity contribution in [2.45, 2.75) is 18.8 Å². The van der Waals surface area contributed by atoms with E-state index in [0.717, 1.165) is 23.5 Å². The highest BCUT2D eigenvalue weighted by molar-refractivity contribution is 7.14. The van der Waals surface area contributed by atoms with Gasteiger partial charge in [-0.15, -0.1) is 15.3 Å². The van der Waals surface area contributed by atoms with Gasteiger partial charge in [0, 0.05) is 30.1 Å². The van der Waals surface area contributed by atoms with E-state index in [-0.39, 0.29) is 17.6 Å². The van der Waals surface area contributed by atoms with E-state index in [4.69, 9.17) is 0 Å². The van der Waals surface area contributed by atoms with Gasteiger partial charge in [0.15, 0.2) is 5.01 Å². The highest BCUT2D eigenvalue weighted by Gasteiger charge is 2.28. The molecule has 5 rings (SSSR count). The van der Waals surface area contributed by atoms with Crippen LogP contribution in [0.5, 0.6) is 0 Å². The smallest absolute Gasteiger partial charge is 0.253 e. The Balaban J connectivity index is 1.34. The lowest BCUT2D eigenvalue weighted by Crippen LogP contribution is -2.39. The van der Waals surface area contributed by atoms with E-state index in [0.29, 0.717) is 29.2 Å². The number of hydrogen-bond donors (Lipinski definition) is 0. The summed E-state index contributed by atoms with van der Waals surface area (Å²) in [5.74, 6) is -0.273. The first-order valence-corrected chi connectivity index (χ1v) is 10.7. The fourth-order valence-electron chi connectivity index (χ4n) is 3.75. The normalized spacial score (nSPS) is 16.4. The molecular formula is C21H18FN7OS. The van der Waals surface area contributed by atoms with Crippen LogP contribution in [0.3, 0.4) is 0 Å². The molecule has 1 fully saturated rings. The van der Waals surface area contributed by atoms with Gasteiger partial charge in [0.1, 0.15) is 17.2 Å². The second-order valence-electron chi connectivity index (χ2n) is 7.32. The fraction of sp³-hybridized carbons (Fsp3) is 0.238. The highest BCUT2D eigenvalue weighted by atomic mass is 32.1. The van der Waals surface area contributed by atoms with E-state index < -0.39 is 0 Å². The number of rotatable bonds is 4. The number of tetrazole rings is 1. The van der Waals surface area contributed by atoms with E-state index >= 15 is 0 Å². The molecule has 0 radical (unpaired) electrons. The number of hydrogen-bond acceptors (Lipinski definition) is 7. The molecule has 0 N–H and O–H groups in total. The van der Waals surface area contributed by atoms with Crippen molar-refractivity contribution in [1.29, 1.82) is 0 Å². The van der Waals surface area contributed by atoms with Crippen LogP contribution in [0.1, 0.15) is 34.1 Å². The third-order valence-electron chi connectivity index (χ3n) is 5.31. The van der Waals surface area contributed by atoms with Crippen LogP contribution in [0.4, 0.5) is 4.39 Å². The highest BCUT2D eigenvalue weighted by Crippen LogP contribution is 2.34. The Labute approximate surface area is 181 Å². The van der Waals surface area contributed by atoms with Crippen molar-refractivity contribution < 1.29 is 9.18 Å². The quantitative estimate of drug-likeness (QED) is 0.488. The topological polar surface area (TPSA) is 89.7 Å². The molecule has 1 amide bonds. The average Bonchev–Trinajstić information content (AvgIpc) is 3.52. The fourth-order valence-corrected chi connectivity index (χ4v) is 4.75. The lowest BCUT2D eigenvalue weighted by molar-refractivity contribution is 0.0707. The predicted molar refractivity (Wildman–Crippen MR) is 112 cm³/mol. The summed E-state index contributed by atoms with van der Waals surface area (Å²) < 4.78 is 15.6. The van der Waals surface area contributed by atoms with E-state index in [9.17, 15) is 9.18 Å². The molecule has 4 aromatic rings. The van der Waals surface area contributed by atoms with Crippen molar-refractivity contribution in [3.05, 3.63) is 71.2 Å². The van der Waals surface area contributed by atoms with Gasteiger partial charge in [0.25, 0.3) is 5.91 Å². The van der Waals surface area contributed by atoms with Gasteiger partial charge in [0.2, 0.25) is 0 Å². The van der Waals surface area contributed by atoms with Crippen LogP contribution < -0.4 is 0 Å². The number of aromatic nitrogens is 6. The van der Waals surface area contributed by atoms with Crippen LogP contribution >= 0.6 is 11.3 Å². The summed E-state index contributed by atoms with van der Waals surface area (Å²) in [7, 11) is 0. The first kappa shape index (κ1) is 19.4. The molecule has 3 heterocycles. The third kappa shape index (κ3) is 3.93. The predicted octanol–water partition coefficient (Wildman–Crippen LogP) is 3.34. The van der Waals surface area contributed by atoms with Crippen LogP contribution in [-0.4, -0.2) is 54.3 Å². The zero-order chi connectivity index (χ0) is 21.2. The van der Waals surface area contributed by atoms with Gasteiger partial charge < -0.3 is 4.90 Å². The van der Waals surface area contributed by atoms with Crippen LogP contribution in [0.2, 0.25) is 0 Å². The summed E-state index contributed by atoms with van der Waals surface area (Å²) in [6.07, 6.45) is 3.28. The Morgan fingerprint density at radius 2 is 2.03 bits per heavy atom. The van der Waals surface area contributed by atoms with Gasteiger partial charge in [-0.05, 0) is 53.6 Å². The summed E-state index contributed by atoms with van der Waals surface area (Å²) in [5.41, 5.74) is 1.76. The molecule has 156 valence electrons. The number of likely N-dealkylation sites (tertiary alicyclic amines) is 1. The maximum atomic E-state index is 14.1. The van der Waals surface area contributed by atoms with Crippen molar-refractivity contribution in [3.8, 4) is 16.3 Å². The van der Waals surface area contributed by atoms with Gasteiger partial charge >= 0.3 is 0 Å². The standard InChI is InChI=1S/C21H18FN7OS/c22-18-9-2-1-8-17(18)20-25-24-19(31-20)15-6-4-10-28(12-15)21(30)14-5-3-7-16(11-14)29-13-23-26-27-29/h1-3,5,7-9,11,13,15H,4,6,10,12H2/t15-/m1/s1. The average molecular weight is 435 g/mol. The van der Waals surface area contributed by atoms with Gasteiger partial charge in [0.05, 0.1) is 5.69 Å². The molecule has 0 spiro atoms. The number of carbonyl (C=O) groups excluding carboxylic acids is 1. The zero-order valence-electron chi connectivity index (χ0n) is 16.4. The van der Waals surface area contributed by atoms with Crippen molar-refractivity contribution >= 4 is 17.2 Å². The summed E-state index contributed by atoms with van der Waals surface area (Å²) >= 11 is 1.39. The molecular weight excluding hydrogens is 417 g/mol. The maximum Gasteiger partial charge on any atom is 0.253 e. The van der Waals surface area contributed by atoms with Gasteiger partial charge in [-0.25, -0.2) is 9.07 Å². The minimum Gasteiger partial charge on any atom is -0.338 e. The van der Waals surface area contributed by atoms with Gasteiger partial charge in [-0.1, -0.05) is 29.5 Å². The Bertz CT molecular complexity index is 1210. The summed E-state index contributed by atoms with van der Waals surface area (Å²) in [6.45, 7) is 1.24. The molecule has 0 unspecified atom stereocenters. The second-order valence-corrected chi connectivity index (χ2v) is 8.33. The Hall–Kier alpha value is -3.53. The van der Waals surface area contributed by atoms with Crippen molar-refractivity contribution in [1.82, 2.24) is 35.3 Å². The van der Waals surface area contributed by atoms with E-state index in [1.54, 1.807) is 30.3 Å². The number of amides is 1. The molecule has 0 saturated carbocycles. The first-order valence-electron chi connectivity index (χ1n) is 9.90. The maximum absolute atomic E-state index is 14.1. The van der Waals surface area contributed by atoms with Crippen LogP contribution in [0, 0.1) is 5.82 Å². The molecule has 31 heavy (non-hydrogen) atoms. The minimum absolute atomic E-state index is 0.0431. The monoisotopic (exact) mass is 435 g/mol. The van der Waals surface area contributed by atoms with E-state index in [2.05, 4.69) is 25.7 Å². The summed E-state index contributed by atoms with van der Waals surface area (Å²) in [4.78, 5) is 15.0. The number of nitrogens with zero attached hydrogens (tertiary/aromatic N) is 7. The molecule has 1 aliphatic heterocycles. The second kappa shape index (κ2) is 8.31. The Morgan fingerprint density at radius 3 is 2.87 bits per heavy atom. The number of halogens is 1. The minimum atomic E-state index is -0.312. The van der Waals surface area contributed by atoms with Gasteiger partial charge in [-0.3, -0.25) is 4.79 Å². The lowest BCUT2D eigenvalue weighted by Gasteiger charge is -2.31. The molecule has 10 heteroatoms. The van der Waals surface area contributed by atoms with Crippen molar-refractivity contribution in [3.63, 3.8) is 0 Å². The molecule has 2 aromatic heterocycles. The molecule has 1 aliphatic rings. The molecule has 2 aromatic carbocycles. The van der Waals surface area contributed by atoms with E-state index in [1.807, 2.05) is 17.0 Å². The largest absolute Gasteiger partial charge is 0.338 e. The first-order chi connectivity index (χ1) is 15.2. The Morgan fingerprint density at radius 1 is 1.13 bits per heavy atom. The molecule has 8 nitrogen and oxygen atoms in total. The van der Waals surface area contributed by atoms with Crippen molar-refractivity contribution in [2.75, 3.05) is 13.1 Å². The van der Waals surface area contributed by atoms with Gasteiger partial charge in [-0.2, -0.15) is 0 Å². The zero-order valence-corrected chi connectivity index (χ0v) is 17.2. The van der Waals surface area contributed by atoms with Crippen LogP contribution in [0.25, 0.3) is 16.3 Å². The van der Waals surface area contributed by atoms with Crippen molar-refractivity contribution in [2.24, 2.45) is 0 Å². The Kier molecular flexibility index (Phi) is 5.21. The third-order valence-corrected chi connectivity index (χ3v) is 6.43. The summed E-state index contributed by atoms with van der Waals surface area (Å²) in [6, 6.07) is 13.8. The molecule has 1 atom stereocenters. The van der Waals surface area contributed by atoms with Crippen LogP contribution in [-0.2, 0) is 0 Å². The number of benzene rings is 2. The number of carbonyl (C=O) groups is 1. The summed E-state index contributed by atoms with van der Waals surface area (Å²) in [5, 5.41) is 21.0.